The molecular weight excluding hydrogens is 330 g/mol. The van der Waals surface area contributed by atoms with E-state index in [-0.39, 0.29) is 6.04 Å². The summed E-state index contributed by atoms with van der Waals surface area (Å²) in [6, 6.07) is 15.7. The lowest BCUT2D eigenvalue weighted by Crippen LogP contribution is -2.13. The minimum atomic E-state index is -0.898. The van der Waals surface area contributed by atoms with Crippen molar-refractivity contribution < 1.29 is 9.90 Å². The van der Waals surface area contributed by atoms with Gasteiger partial charge in [0, 0.05) is 15.3 Å². The molecule has 0 amide bonds. The topological polar surface area (TPSA) is 49.3 Å². The molecule has 2 aromatic carbocycles. The van der Waals surface area contributed by atoms with Crippen LogP contribution in [0.2, 0.25) is 0 Å². The van der Waals surface area contributed by atoms with Crippen molar-refractivity contribution in [2.75, 3.05) is 5.32 Å². The molecule has 2 N–H and O–H groups in total. The van der Waals surface area contributed by atoms with Crippen LogP contribution in [0.4, 0.5) is 5.69 Å². The monoisotopic (exact) mass is 353 g/mol. The molecule has 0 radical (unpaired) electrons. The van der Waals surface area contributed by atoms with Crippen LogP contribution in [0.5, 0.6) is 0 Å². The standard InChI is InChI=1S/C21H23NO2S/c1-13(2)12-18(22-16-10-8-15(9-11-16)21(23)24)20-14(3)17-6-4-5-7-19(17)25-20/h4-11,13,18,22H,12H2,1-3H3,(H,23,24). The van der Waals surface area contributed by atoms with E-state index in [2.05, 4.69) is 50.4 Å². The van der Waals surface area contributed by atoms with E-state index < -0.39 is 5.97 Å². The van der Waals surface area contributed by atoms with Crippen LogP contribution in [-0.4, -0.2) is 11.1 Å². The lowest BCUT2D eigenvalue weighted by Gasteiger charge is -2.22. The summed E-state index contributed by atoms with van der Waals surface area (Å²) in [5.41, 5.74) is 2.59. The minimum Gasteiger partial charge on any atom is -0.478 e. The van der Waals surface area contributed by atoms with Crippen LogP contribution in [0, 0.1) is 12.8 Å². The number of anilines is 1. The minimum absolute atomic E-state index is 0.216. The highest BCUT2D eigenvalue weighted by Crippen LogP contribution is 2.38. The normalized spacial score (nSPS) is 12.5. The number of aromatic carboxylic acids is 1. The summed E-state index contributed by atoms with van der Waals surface area (Å²) < 4.78 is 1.31. The second kappa shape index (κ2) is 7.28. The molecule has 3 nitrogen and oxygen atoms in total. The van der Waals surface area contributed by atoms with Crippen LogP contribution in [0.1, 0.15) is 47.1 Å². The number of hydrogen-bond acceptors (Lipinski definition) is 3. The molecule has 0 bridgehead atoms. The molecule has 1 atom stereocenters. The van der Waals surface area contributed by atoms with Gasteiger partial charge in [-0.05, 0) is 60.5 Å². The zero-order valence-electron chi connectivity index (χ0n) is 14.7. The van der Waals surface area contributed by atoms with Gasteiger partial charge in [-0.25, -0.2) is 4.79 Å². The van der Waals surface area contributed by atoms with E-state index in [4.69, 9.17) is 5.11 Å². The largest absolute Gasteiger partial charge is 0.478 e. The van der Waals surface area contributed by atoms with Crippen LogP contribution in [0.15, 0.2) is 48.5 Å². The maximum absolute atomic E-state index is 11.0. The molecule has 1 heterocycles. The van der Waals surface area contributed by atoms with Gasteiger partial charge < -0.3 is 10.4 Å². The number of carboxylic acid groups (broad SMARTS) is 1. The van der Waals surface area contributed by atoms with Crippen LogP contribution in [0.3, 0.4) is 0 Å². The Morgan fingerprint density at radius 3 is 2.40 bits per heavy atom. The number of hydrogen-bond donors (Lipinski definition) is 2. The molecule has 1 unspecified atom stereocenters. The molecule has 0 aliphatic heterocycles. The third-order valence-corrected chi connectivity index (χ3v) is 5.76. The molecule has 0 fully saturated rings. The molecule has 3 aromatic rings. The van der Waals surface area contributed by atoms with E-state index in [9.17, 15) is 4.79 Å². The molecule has 4 heteroatoms. The molecule has 130 valence electrons. The molecule has 25 heavy (non-hydrogen) atoms. The van der Waals surface area contributed by atoms with Gasteiger partial charge >= 0.3 is 5.97 Å². The third-order valence-electron chi connectivity index (χ3n) is 4.38. The van der Waals surface area contributed by atoms with Gasteiger partial charge in [0.05, 0.1) is 11.6 Å². The van der Waals surface area contributed by atoms with Gasteiger partial charge in [-0.3, -0.25) is 0 Å². The lowest BCUT2D eigenvalue weighted by atomic mass is 9.99. The van der Waals surface area contributed by atoms with Gasteiger partial charge in [-0.2, -0.15) is 0 Å². The number of benzene rings is 2. The number of carbonyl (C=O) groups is 1. The van der Waals surface area contributed by atoms with E-state index in [0.717, 1.165) is 12.1 Å². The van der Waals surface area contributed by atoms with Crippen LogP contribution < -0.4 is 5.32 Å². The predicted molar refractivity (Wildman–Crippen MR) is 106 cm³/mol. The highest BCUT2D eigenvalue weighted by Gasteiger charge is 2.19. The molecule has 0 aliphatic rings. The molecule has 3 rings (SSSR count). The summed E-state index contributed by atoms with van der Waals surface area (Å²) in [6.45, 7) is 6.65. The van der Waals surface area contributed by atoms with Crippen molar-refractivity contribution in [3.05, 3.63) is 64.5 Å². The van der Waals surface area contributed by atoms with Gasteiger partial charge in [0.1, 0.15) is 0 Å². The Morgan fingerprint density at radius 2 is 1.80 bits per heavy atom. The molecule has 0 aliphatic carbocycles. The Balaban J connectivity index is 1.93. The van der Waals surface area contributed by atoms with Crippen LogP contribution in [0.25, 0.3) is 10.1 Å². The first-order valence-corrected chi connectivity index (χ1v) is 9.35. The molecule has 1 aromatic heterocycles. The van der Waals surface area contributed by atoms with E-state index in [1.807, 2.05) is 23.5 Å². The summed E-state index contributed by atoms with van der Waals surface area (Å²) in [6.07, 6.45) is 1.02. The van der Waals surface area contributed by atoms with Gasteiger partial charge in [-0.1, -0.05) is 32.0 Å². The summed E-state index contributed by atoms with van der Waals surface area (Å²) in [5.74, 6) is -0.342. The maximum atomic E-state index is 11.0. The molecule has 0 saturated heterocycles. The average Bonchev–Trinajstić information content (AvgIpc) is 2.92. The number of nitrogens with one attached hydrogen (secondary N) is 1. The predicted octanol–water partition coefficient (Wildman–Crippen LogP) is 6.11. The van der Waals surface area contributed by atoms with E-state index in [1.165, 1.54) is 20.5 Å². The highest BCUT2D eigenvalue weighted by atomic mass is 32.1. The average molecular weight is 353 g/mol. The Morgan fingerprint density at radius 1 is 1.12 bits per heavy atom. The van der Waals surface area contributed by atoms with Gasteiger partial charge in [0.2, 0.25) is 0 Å². The quantitative estimate of drug-likeness (QED) is 0.562. The summed E-state index contributed by atoms with van der Waals surface area (Å²) in [5, 5.41) is 14.0. The Kier molecular flexibility index (Phi) is 5.09. The molecular formula is C21H23NO2S. The van der Waals surface area contributed by atoms with E-state index in [0.29, 0.717) is 11.5 Å². The van der Waals surface area contributed by atoms with E-state index >= 15 is 0 Å². The molecule has 0 spiro atoms. The first-order valence-electron chi connectivity index (χ1n) is 8.53. The van der Waals surface area contributed by atoms with Gasteiger partial charge in [-0.15, -0.1) is 11.3 Å². The number of aryl methyl sites for hydroxylation is 1. The van der Waals surface area contributed by atoms with Crippen molar-refractivity contribution in [1.29, 1.82) is 0 Å². The number of rotatable bonds is 6. The van der Waals surface area contributed by atoms with Crippen molar-refractivity contribution in [2.24, 2.45) is 5.92 Å². The number of fused-ring (bicyclic) bond motifs is 1. The SMILES string of the molecule is Cc1c(C(CC(C)C)Nc2ccc(C(=O)O)cc2)sc2ccccc12. The smallest absolute Gasteiger partial charge is 0.335 e. The maximum Gasteiger partial charge on any atom is 0.335 e. The second-order valence-corrected chi connectivity index (χ2v) is 7.88. The Bertz CT molecular complexity index is 881. The first kappa shape index (κ1) is 17.5. The Labute approximate surface area is 152 Å². The van der Waals surface area contributed by atoms with Crippen LogP contribution >= 0.6 is 11.3 Å². The summed E-state index contributed by atoms with van der Waals surface area (Å²) >= 11 is 1.84. The fourth-order valence-electron chi connectivity index (χ4n) is 3.14. The van der Waals surface area contributed by atoms with Crippen molar-refractivity contribution in [2.45, 2.75) is 33.2 Å². The number of carboxylic acids is 1. The zero-order valence-corrected chi connectivity index (χ0v) is 15.6. The molecule has 0 saturated carbocycles. The first-order chi connectivity index (χ1) is 12.0. The van der Waals surface area contributed by atoms with Crippen molar-refractivity contribution in [3.63, 3.8) is 0 Å². The van der Waals surface area contributed by atoms with Crippen molar-refractivity contribution >= 4 is 33.1 Å². The Hall–Kier alpha value is -2.33. The second-order valence-electron chi connectivity index (χ2n) is 6.80. The van der Waals surface area contributed by atoms with Crippen molar-refractivity contribution in [3.8, 4) is 0 Å². The fourth-order valence-corrected chi connectivity index (χ4v) is 4.41. The van der Waals surface area contributed by atoms with Gasteiger partial charge in [0.25, 0.3) is 0 Å². The van der Waals surface area contributed by atoms with Crippen molar-refractivity contribution in [1.82, 2.24) is 0 Å². The third kappa shape index (κ3) is 3.85. The zero-order chi connectivity index (χ0) is 18.0. The summed E-state index contributed by atoms with van der Waals surface area (Å²) in [7, 11) is 0. The van der Waals surface area contributed by atoms with Crippen LogP contribution in [-0.2, 0) is 0 Å². The highest BCUT2D eigenvalue weighted by molar-refractivity contribution is 7.19. The fraction of sp³-hybridized carbons (Fsp3) is 0.286. The van der Waals surface area contributed by atoms with Gasteiger partial charge in [0.15, 0.2) is 0 Å². The lowest BCUT2D eigenvalue weighted by molar-refractivity contribution is 0.0697. The summed E-state index contributed by atoms with van der Waals surface area (Å²) in [4.78, 5) is 12.4. The van der Waals surface area contributed by atoms with E-state index in [1.54, 1.807) is 12.1 Å². The number of thiophene rings is 1.